The summed E-state index contributed by atoms with van der Waals surface area (Å²) in [6.07, 6.45) is -1.37. The highest BCUT2D eigenvalue weighted by Gasteiger charge is 2.22. The van der Waals surface area contributed by atoms with E-state index < -0.39 is 35.1 Å². The summed E-state index contributed by atoms with van der Waals surface area (Å²) < 4.78 is 30.6. The second kappa shape index (κ2) is 6.10. The Morgan fingerprint density at radius 3 is 2.33 bits per heavy atom. The van der Waals surface area contributed by atoms with Crippen molar-refractivity contribution in [3.63, 3.8) is 0 Å². The Kier molecular flexibility index (Phi) is 5.87. The average Bonchev–Trinajstić information content (AvgIpc) is 2.13. The number of aliphatic hydroxyl groups excluding tert-OH is 2. The third kappa shape index (κ3) is 6.49. The second-order valence-electron chi connectivity index (χ2n) is 2.98. The van der Waals surface area contributed by atoms with Gasteiger partial charge in [-0.05, 0) is 6.42 Å². The van der Waals surface area contributed by atoms with Gasteiger partial charge in [0.1, 0.15) is 6.29 Å². The van der Waals surface area contributed by atoms with Crippen LogP contribution in [0.25, 0.3) is 0 Å². The summed E-state index contributed by atoms with van der Waals surface area (Å²) in [7, 11) is -4.51. The third-order valence-electron chi connectivity index (χ3n) is 1.67. The van der Waals surface area contributed by atoms with Crippen LogP contribution in [0, 0.1) is 0 Å². The first-order valence-electron chi connectivity index (χ1n) is 4.04. The molecule has 0 heterocycles. The van der Waals surface area contributed by atoms with E-state index >= 15 is 0 Å². The van der Waals surface area contributed by atoms with Crippen LogP contribution < -0.4 is 10.5 Å². The van der Waals surface area contributed by atoms with E-state index in [-0.39, 0.29) is 12.7 Å². The summed E-state index contributed by atoms with van der Waals surface area (Å²) in [6, 6.07) is -2.26. The molecule has 0 aromatic rings. The lowest BCUT2D eigenvalue weighted by Crippen LogP contribution is -2.44. The largest absolute Gasteiger partial charge is 0.395 e. The maximum atomic E-state index is 10.4. The number of aliphatic hydroxyl groups is 2. The lowest BCUT2D eigenvalue weighted by Gasteiger charge is -2.19. The van der Waals surface area contributed by atoms with Gasteiger partial charge in [-0.15, -0.1) is 0 Å². The van der Waals surface area contributed by atoms with Gasteiger partial charge in [0, 0.05) is 0 Å². The molecule has 6 N–H and O–H groups in total. The number of nitrogens with two attached hydrogens (primary N) is 1. The molecule has 0 saturated heterocycles. The normalized spacial score (nSPS) is 18.1. The Bertz CT molecular complexity index is 292. The molecule has 0 aromatic heterocycles. The first-order chi connectivity index (χ1) is 6.80. The van der Waals surface area contributed by atoms with E-state index in [1.165, 1.54) is 0 Å². The molecule has 90 valence electrons. The lowest BCUT2D eigenvalue weighted by molar-refractivity contribution is -0.110. The van der Waals surface area contributed by atoms with Crippen LogP contribution in [0.4, 0.5) is 0 Å². The zero-order valence-electron chi connectivity index (χ0n) is 7.78. The summed E-state index contributed by atoms with van der Waals surface area (Å²) in [4.78, 5) is 10.4. The fraction of sp³-hybridized carbons (Fsp3) is 0.833. The molecule has 8 nitrogen and oxygen atoms in total. The minimum atomic E-state index is -4.51. The minimum Gasteiger partial charge on any atom is -0.395 e. The van der Waals surface area contributed by atoms with Gasteiger partial charge in [-0.2, -0.15) is 13.1 Å². The Morgan fingerprint density at radius 2 is 2.00 bits per heavy atom. The van der Waals surface area contributed by atoms with Gasteiger partial charge in [-0.25, -0.2) is 0 Å². The highest BCUT2D eigenvalue weighted by molar-refractivity contribution is 7.83. The molecule has 0 fully saturated rings. The summed E-state index contributed by atoms with van der Waals surface area (Å²) >= 11 is 0. The van der Waals surface area contributed by atoms with Crippen molar-refractivity contribution in [2.75, 3.05) is 6.61 Å². The molecule has 0 aliphatic carbocycles. The molecule has 15 heavy (non-hydrogen) atoms. The number of hydrogen-bond donors (Lipinski definition) is 5. The van der Waals surface area contributed by atoms with Crippen molar-refractivity contribution in [1.82, 2.24) is 4.72 Å². The quantitative estimate of drug-likeness (QED) is 0.236. The van der Waals surface area contributed by atoms with Gasteiger partial charge in [-0.3, -0.25) is 4.55 Å². The molecule has 0 aliphatic heterocycles. The number of carbonyl (C=O) groups excluding carboxylic acids is 1. The minimum absolute atomic E-state index is 0.209. The number of aldehydes is 1. The molecule has 0 unspecified atom stereocenters. The van der Waals surface area contributed by atoms with Crippen LogP contribution in [-0.2, 0) is 15.1 Å². The highest BCUT2D eigenvalue weighted by atomic mass is 32.2. The number of rotatable bonds is 7. The average molecular weight is 242 g/mol. The van der Waals surface area contributed by atoms with E-state index in [9.17, 15) is 18.3 Å². The zero-order chi connectivity index (χ0) is 12.1. The Morgan fingerprint density at radius 1 is 1.47 bits per heavy atom. The van der Waals surface area contributed by atoms with Crippen molar-refractivity contribution in [3.05, 3.63) is 0 Å². The van der Waals surface area contributed by atoms with Crippen molar-refractivity contribution in [2.45, 2.75) is 24.6 Å². The van der Waals surface area contributed by atoms with E-state index in [1.807, 2.05) is 0 Å². The Balaban J connectivity index is 4.28. The Hall–Kier alpha value is -0.580. The molecule has 0 spiro atoms. The standard InChI is InChI=1S/C6H14N2O6S/c7-5(3-10)6(11)1-4(2-9)8-15(12,13)14/h2,4-6,8,10-11H,1,3,7H2,(H,12,13,14)/t4-,5-,6-/m0/s1. The van der Waals surface area contributed by atoms with E-state index in [0.717, 1.165) is 0 Å². The predicted molar refractivity (Wildman–Crippen MR) is 50.2 cm³/mol. The SMILES string of the molecule is N[C@@H](CO)[C@@H](O)C[C@@H](C=O)NS(=O)(=O)O. The number of hydrogen-bond acceptors (Lipinski definition) is 6. The highest BCUT2D eigenvalue weighted by Crippen LogP contribution is 2.01. The van der Waals surface area contributed by atoms with Crippen LogP contribution in [0.1, 0.15) is 6.42 Å². The number of carbonyl (C=O) groups is 1. The molecular formula is C6H14N2O6S. The second-order valence-corrected chi connectivity index (χ2v) is 4.17. The van der Waals surface area contributed by atoms with Gasteiger partial charge in [0.2, 0.25) is 0 Å². The maximum absolute atomic E-state index is 10.4. The van der Waals surface area contributed by atoms with Gasteiger partial charge in [0.05, 0.1) is 24.8 Å². The van der Waals surface area contributed by atoms with E-state index in [4.69, 9.17) is 15.4 Å². The predicted octanol–water partition coefficient (Wildman–Crippen LogP) is -2.98. The molecule has 0 radical (unpaired) electrons. The monoisotopic (exact) mass is 242 g/mol. The van der Waals surface area contributed by atoms with Crippen LogP contribution in [0.3, 0.4) is 0 Å². The summed E-state index contributed by atoms with van der Waals surface area (Å²) in [5.41, 5.74) is 5.23. The molecule has 0 aromatic carbocycles. The van der Waals surface area contributed by atoms with Gasteiger partial charge < -0.3 is 20.7 Å². The van der Waals surface area contributed by atoms with Gasteiger partial charge in [-0.1, -0.05) is 0 Å². The van der Waals surface area contributed by atoms with Crippen LogP contribution in [0.2, 0.25) is 0 Å². The molecular weight excluding hydrogens is 228 g/mol. The van der Waals surface area contributed by atoms with Crippen LogP contribution in [-0.4, -0.2) is 54.3 Å². The smallest absolute Gasteiger partial charge is 0.334 e. The van der Waals surface area contributed by atoms with Crippen molar-refractivity contribution in [3.8, 4) is 0 Å². The van der Waals surface area contributed by atoms with Crippen molar-refractivity contribution in [1.29, 1.82) is 0 Å². The topological polar surface area (TPSA) is 150 Å². The first-order valence-corrected chi connectivity index (χ1v) is 5.48. The van der Waals surface area contributed by atoms with E-state index in [0.29, 0.717) is 0 Å². The molecule has 0 amide bonds. The van der Waals surface area contributed by atoms with Gasteiger partial charge in [0.15, 0.2) is 0 Å². The zero-order valence-corrected chi connectivity index (χ0v) is 8.59. The molecule has 0 saturated carbocycles. The van der Waals surface area contributed by atoms with Crippen molar-refractivity contribution in [2.24, 2.45) is 5.73 Å². The van der Waals surface area contributed by atoms with E-state index in [2.05, 4.69) is 0 Å². The van der Waals surface area contributed by atoms with Crippen LogP contribution >= 0.6 is 0 Å². The maximum Gasteiger partial charge on any atom is 0.334 e. The molecule has 0 aliphatic rings. The lowest BCUT2D eigenvalue weighted by atomic mass is 10.1. The van der Waals surface area contributed by atoms with Gasteiger partial charge in [0.25, 0.3) is 0 Å². The fourth-order valence-electron chi connectivity index (χ4n) is 0.879. The first kappa shape index (κ1) is 14.4. The van der Waals surface area contributed by atoms with Crippen molar-refractivity contribution >= 4 is 16.6 Å². The van der Waals surface area contributed by atoms with Crippen LogP contribution in [0.5, 0.6) is 0 Å². The summed E-state index contributed by atoms with van der Waals surface area (Å²) in [6.45, 7) is -0.501. The summed E-state index contributed by atoms with van der Waals surface area (Å²) in [5.74, 6) is 0. The molecule has 3 atom stereocenters. The molecule has 0 rings (SSSR count). The fourth-order valence-corrected chi connectivity index (χ4v) is 1.41. The Labute approximate surface area is 87.0 Å². The van der Waals surface area contributed by atoms with Crippen LogP contribution in [0.15, 0.2) is 0 Å². The number of nitrogens with one attached hydrogen (secondary N) is 1. The van der Waals surface area contributed by atoms with E-state index in [1.54, 1.807) is 4.72 Å². The molecule has 9 heteroatoms. The third-order valence-corrected chi connectivity index (χ3v) is 2.27. The van der Waals surface area contributed by atoms with Gasteiger partial charge >= 0.3 is 10.3 Å². The molecule has 0 bridgehead atoms. The van der Waals surface area contributed by atoms with Crippen molar-refractivity contribution < 1.29 is 28.0 Å². The summed E-state index contributed by atoms with van der Waals surface area (Å²) in [5, 5.41) is 17.8.